The third-order valence-corrected chi connectivity index (χ3v) is 7.03. The van der Waals surface area contributed by atoms with E-state index < -0.39 is 15.4 Å². The van der Waals surface area contributed by atoms with E-state index in [4.69, 9.17) is 0 Å². The SMILES string of the molecule is CCCCCCCCCCCCCC(CCCCC(O)CCCC)S(=O)(=O)[O-].[K+]. The van der Waals surface area contributed by atoms with Gasteiger partial charge >= 0.3 is 51.4 Å². The molecule has 0 spiro atoms. The Hall–Kier alpha value is 1.51. The standard InChI is InChI=1S/C23H48O4S.K/c1-3-5-7-8-9-10-11-12-13-14-15-20-23(28(25,26)27)21-17-16-19-22(24)18-6-4-2;/h22-24H,3-21H2,1-2H3,(H,25,26,27);/q;+1/p-1. The van der Waals surface area contributed by atoms with Crippen LogP contribution < -0.4 is 51.4 Å². The zero-order valence-electron chi connectivity index (χ0n) is 19.7. The van der Waals surface area contributed by atoms with Crippen molar-refractivity contribution in [2.45, 2.75) is 147 Å². The third kappa shape index (κ3) is 22.5. The summed E-state index contributed by atoms with van der Waals surface area (Å²) in [5, 5.41) is 9.10. The molecule has 0 aromatic carbocycles. The number of rotatable bonds is 21. The van der Waals surface area contributed by atoms with Crippen molar-refractivity contribution in [3.8, 4) is 0 Å². The first-order valence-corrected chi connectivity index (χ1v) is 13.5. The topological polar surface area (TPSA) is 77.4 Å². The van der Waals surface area contributed by atoms with Crippen molar-refractivity contribution in [1.82, 2.24) is 0 Å². The fraction of sp³-hybridized carbons (Fsp3) is 1.00. The molecule has 0 fully saturated rings. The summed E-state index contributed by atoms with van der Waals surface area (Å²) in [6.07, 6.45) is 19.3. The summed E-state index contributed by atoms with van der Waals surface area (Å²) in [4.78, 5) is 0. The molecule has 0 aliphatic rings. The van der Waals surface area contributed by atoms with Gasteiger partial charge in [0, 0.05) is 5.25 Å². The molecule has 170 valence electrons. The molecule has 0 heterocycles. The second kappa shape index (κ2) is 22.7. The predicted octanol–water partition coefficient (Wildman–Crippen LogP) is 3.72. The molecule has 0 saturated carbocycles. The van der Waals surface area contributed by atoms with Crippen molar-refractivity contribution in [3.05, 3.63) is 0 Å². The molecule has 0 aromatic rings. The van der Waals surface area contributed by atoms with Gasteiger partial charge in [-0.05, 0) is 25.7 Å². The van der Waals surface area contributed by atoms with Gasteiger partial charge in [-0.1, -0.05) is 110 Å². The Kier molecular flexibility index (Phi) is 25.6. The van der Waals surface area contributed by atoms with Crippen molar-refractivity contribution in [1.29, 1.82) is 0 Å². The normalized spacial score (nSPS) is 13.8. The summed E-state index contributed by atoms with van der Waals surface area (Å²) in [6, 6.07) is 0. The molecule has 0 aliphatic carbocycles. The zero-order chi connectivity index (χ0) is 21.1. The third-order valence-electron chi connectivity index (χ3n) is 5.74. The summed E-state index contributed by atoms with van der Waals surface area (Å²) >= 11 is 0. The van der Waals surface area contributed by atoms with Crippen LogP contribution in [0.15, 0.2) is 0 Å². The van der Waals surface area contributed by atoms with Gasteiger partial charge in [0.05, 0.1) is 16.2 Å². The van der Waals surface area contributed by atoms with Gasteiger partial charge in [-0.25, -0.2) is 8.42 Å². The molecular formula is C23H47KO4S. The first-order chi connectivity index (χ1) is 13.4. The minimum atomic E-state index is -4.20. The fourth-order valence-electron chi connectivity index (χ4n) is 3.81. The van der Waals surface area contributed by atoms with E-state index in [1.54, 1.807) is 0 Å². The van der Waals surface area contributed by atoms with Crippen LogP contribution in [0.2, 0.25) is 0 Å². The second-order valence-corrected chi connectivity index (χ2v) is 10.2. The maximum absolute atomic E-state index is 11.5. The molecule has 29 heavy (non-hydrogen) atoms. The Morgan fingerprint density at radius 2 is 0.966 bits per heavy atom. The molecule has 0 bridgehead atoms. The van der Waals surface area contributed by atoms with Gasteiger partial charge in [-0.3, -0.25) is 0 Å². The predicted molar refractivity (Wildman–Crippen MR) is 119 cm³/mol. The Morgan fingerprint density at radius 3 is 1.41 bits per heavy atom. The Balaban J connectivity index is 0. The molecule has 0 saturated heterocycles. The van der Waals surface area contributed by atoms with Crippen LogP contribution in [0.1, 0.15) is 136 Å². The molecule has 2 atom stereocenters. The van der Waals surface area contributed by atoms with Gasteiger partial charge < -0.3 is 9.66 Å². The summed E-state index contributed by atoms with van der Waals surface area (Å²) in [5.74, 6) is 0. The summed E-state index contributed by atoms with van der Waals surface area (Å²) in [6.45, 7) is 4.34. The molecule has 0 amide bonds. The van der Waals surface area contributed by atoms with Crippen LogP contribution in [-0.4, -0.2) is 29.4 Å². The van der Waals surface area contributed by atoms with Crippen LogP contribution in [0.25, 0.3) is 0 Å². The maximum Gasteiger partial charge on any atom is 1.00 e. The Labute approximate surface area is 224 Å². The largest absolute Gasteiger partial charge is 1.00 e. The van der Waals surface area contributed by atoms with E-state index in [0.29, 0.717) is 25.7 Å². The summed E-state index contributed by atoms with van der Waals surface area (Å²) in [7, 11) is -4.20. The number of hydrogen-bond acceptors (Lipinski definition) is 4. The molecule has 0 aromatic heterocycles. The molecule has 0 rings (SSSR count). The van der Waals surface area contributed by atoms with Crippen LogP contribution in [-0.2, 0) is 10.1 Å². The van der Waals surface area contributed by atoms with Gasteiger partial charge in [-0.15, -0.1) is 0 Å². The quantitative estimate of drug-likeness (QED) is 0.162. The number of unbranched alkanes of at least 4 members (excludes halogenated alkanes) is 12. The minimum absolute atomic E-state index is 0. The molecule has 2 unspecified atom stereocenters. The monoisotopic (exact) mass is 458 g/mol. The van der Waals surface area contributed by atoms with Gasteiger partial charge in [0.1, 0.15) is 0 Å². The maximum atomic E-state index is 11.5. The number of hydrogen-bond donors (Lipinski definition) is 1. The van der Waals surface area contributed by atoms with Crippen LogP contribution >= 0.6 is 0 Å². The average molecular weight is 459 g/mol. The molecule has 4 nitrogen and oxygen atoms in total. The van der Waals surface area contributed by atoms with Crippen LogP contribution in [0.4, 0.5) is 0 Å². The van der Waals surface area contributed by atoms with E-state index in [1.807, 2.05) is 0 Å². The van der Waals surface area contributed by atoms with Gasteiger partial charge in [0.15, 0.2) is 0 Å². The van der Waals surface area contributed by atoms with Crippen molar-refractivity contribution in [3.63, 3.8) is 0 Å². The van der Waals surface area contributed by atoms with Crippen molar-refractivity contribution in [2.75, 3.05) is 0 Å². The number of aliphatic hydroxyl groups excluding tert-OH is 1. The number of aliphatic hydroxyl groups is 1. The van der Waals surface area contributed by atoms with E-state index in [1.165, 1.54) is 51.4 Å². The average Bonchev–Trinajstić information content (AvgIpc) is 2.64. The van der Waals surface area contributed by atoms with Crippen LogP contribution in [0.3, 0.4) is 0 Å². The van der Waals surface area contributed by atoms with E-state index in [-0.39, 0.29) is 57.5 Å². The van der Waals surface area contributed by atoms with Crippen molar-refractivity contribution >= 4 is 10.1 Å². The zero-order valence-corrected chi connectivity index (χ0v) is 23.6. The van der Waals surface area contributed by atoms with Gasteiger partial charge in [-0.2, -0.15) is 0 Å². The fourth-order valence-corrected chi connectivity index (χ4v) is 4.72. The smallest absolute Gasteiger partial charge is 0.748 e. The van der Waals surface area contributed by atoms with E-state index >= 15 is 0 Å². The van der Waals surface area contributed by atoms with Crippen molar-refractivity contribution in [2.24, 2.45) is 0 Å². The molecule has 6 heteroatoms. The summed E-state index contributed by atoms with van der Waals surface area (Å²) < 4.78 is 34.5. The summed E-state index contributed by atoms with van der Waals surface area (Å²) in [5.41, 5.74) is 0. The first kappa shape index (κ1) is 32.7. The van der Waals surface area contributed by atoms with E-state index in [2.05, 4.69) is 13.8 Å². The Morgan fingerprint density at radius 1 is 0.621 bits per heavy atom. The van der Waals surface area contributed by atoms with Gasteiger partial charge in [0.25, 0.3) is 0 Å². The Bertz CT molecular complexity index is 429. The minimum Gasteiger partial charge on any atom is -0.748 e. The van der Waals surface area contributed by atoms with Crippen LogP contribution in [0, 0.1) is 0 Å². The molecule has 1 N–H and O–H groups in total. The van der Waals surface area contributed by atoms with Crippen LogP contribution in [0.5, 0.6) is 0 Å². The van der Waals surface area contributed by atoms with Gasteiger partial charge in [0.2, 0.25) is 0 Å². The molecular weight excluding hydrogens is 411 g/mol. The molecule has 0 aliphatic heterocycles. The van der Waals surface area contributed by atoms with E-state index in [9.17, 15) is 18.1 Å². The molecule has 0 radical (unpaired) electrons. The van der Waals surface area contributed by atoms with E-state index in [0.717, 1.165) is 44.9 Å². The second-order valence-electron chi connectivity index (χ2n) is 8.52. The first-order valence-electron chi connectivity index (χ1n) is 12.0. The van der Waals surface area contributed by atoms with Crippen molar-refractivity contribution < 1.29 is 69.5 Å².